The Bertz CT molecular complexity index is 3110. The molecule has 11 rings (SSSR count). The highest BCUT2D eigenvalue weighted by Gasteiger charge is 2.19. The van der Waals surface area contributed by atoms with Crippen LogP contribution in [-0.4, -0.2) is 19.5 Å². The van der Waals surface area contributed by atoms with E-state index >= 15 is 0 Å². The molecule has 0 aliphatic carbocycles. The van der Waals surface area contributed by atoms with E-state index in [9.17, 15) is 0 Å². The molecule has 0 radical (unpaired) electrons. The van der Waals surface area contributed by atoms with Gasteiger partial charge in [-0.1, -0.05) is 97.1 Å². The van der Waals surface area contributed by atoms with E-state index in [1.165, 1.54) is 62.2 Å². The highest BCUT2D eigenvalue weighted by atomic mass is 32.1. The summed E-state index contributed by atoms with van der Waals surface area (Å²) in [5.41, 5.74) is 6.31. The van der Waals surface area contributed by atoms with Gasteiger partial charge in [-0.25, -0.2) is 15.0 Å². The molecule has 51 heavy (non-hydrogen) atoms. The Labute approximate surface area is 300 Å². The Hall–Kier alpha value is -6.21. The second-order valence-electron chi connectivity index (χ2n) is 12.8. The second-order valence-corrected chi connectivity index (χ2v) is 15.0. The first-order valence-corrected chi connectivity index (χ1v) is 18.6. The van der Waals surface area contributed by atoms with E-state index in [1.807, 2.05) is 11.3 Å². The summed E-state index contributed by atoms with van der Waals surface area (Å²) >= 11 is 3.62. The number of nitrogens with zero attached hydrogens (tertiary/aromatic N) is 4. The monoisotopic (exact) mass is 686 g/mol. The van der Waals surface area contributed by atoms with Crippen LogP contribution in [0.5, 0.6) is 0 Å². The molecule has 0 saturated carbocycles. The summed E-state index contributed by atoms with van der Waals surface area (Å²) in [5, 5.41) is 7.33. The molecule has 0 saturated heterocycles. The zero-order valence-corrected chi connectivity index (χ0v) is 28.7. The number of benzene rings is 7. The first-order valence-electron chi connectivity index (χ1n) is 16.9. The van der Waals surface area contributed by atoms with E-state index in [4.69, 9.17) is 15.0 Å². The smallest absolute Gasteiger partial charge is 0.164 e. The molecule has 0 bridgehead atoms. The molecule has 4 nitrogen and oxygen atoms in total. The second kappa shape index (κ2) is 11.2. The summed E-state index contributed by atoms with van der Waals surface area (Å²) in [5.74, 6) is 1.97. The van der Waals surface area contributed by atoms with E-state index in [0.29, 0.717) is 17.5 Å². The lowest BCUT2D eigenvalue weighted by Crippen LogP contribution is -2.01. The van der Waals surface area contributed by atoms with Gasteiger partial charge >= 0.3 is 0 Å². The number of hydrogen-bond donors (Lipinski definition) is 0. The van der Waals surface area contributed by atoms with Gasteiger partial charge in [0.15, 0.2) is 17.5 Å². The summed E-state index contributed by atoms with van der Waals surface area (Å²) in [7, 11) is 0. The van der Waals surface area contributed by atoms with Crippen LogP contribution in [0.25, 0.3) is 102 Å². The zero-order valence-electron chi connectivity index (χ0n) is 27.1. The van der Waals surface area contributed by atoms with Crippen molar-refractivity contribution < 1.29 is 0 Å². The van der Waals surface area contributed by atoms with Crippen molar-refractivity contribution in [2.24, 2.45) is 0 Å². The molecule has 6 heteroatoms. The Morgan fingerprint density at radius 1 is 0.373 bits per heavy atom. The lowest BCUT2D eigenvalue weighted by molar-refractivity contribution is 1.07. The van der Waals surface area contributed by atoms with Gasteiger partial charge in [0.05, 0.1) is 11.0 Å². The predicted molar refractivity (Wildman–Crippen MR) is 216 cm³/mol. The van der Waals surface area contributed by atoms with Crippen LogP contribution in [0.15, 0.2) is 158 Å². The fourth-order valence-corrected chi connectivity index (χ4v) is 9.78. The quantitative estimate of drug-likeness (QED) is 0.185. The average molecular weight is 687 g/mol. The van der Waals surface area contributed by atoms with Crippen molar-refractivity contribution in [2.75, 3.05) is 0 Å². The molecule has 4 aromatic heterocycles. The van der Waals surface area contributed by atoms with Crippen LogP contribution in [0.3, 0.4) is 0 Å². The van der Waals surface area contributed by atoms with E-state index in [0.717, 1.165) is 22.4 Å². The molecule has 238 valence electrons. The van der Waals surface area contributed by atoms with E-state index in [-0.39, 0.29) is 0 Å². The molecule has 7 aromatic carbocycles. The lowest BCUT2D eigenvalue weighted by atomic mass is 10.1. The van der Waals surface area contributed by atoms with Gasteiger partial charge in [0, 0.05) is 73.5 Å². The fourth-order valence-electron chi connectivity index (χ4n) is 7.57. The summed E-state index contributed by atoms with van der Waals surface area (Å²) in [6.07, 6.45) is 0. The van der Waals surface area contributed by atoms with Gasteiger partial charge in [-0.05, 0) is 60.7 Å². The Kier molecular flexibility index (Phi) is 6.26. The van der Waals surface area contributed by atoms with E-state index in [1.54, 1.807) is 11.3 Å². The normalized spacial score (nSPS) is 11.9. The van der Waals surface area contributed by atoms with Crippen molar-refractivity contribution >= 4 is 84.8 Å². The SMILES string of the molecule is c1cc(-c2nc(-c3ccc4sc5ccccc5c4c3)nc(-c3cccc4sc5ccccc5c34)n2)cc(-n2c3ccccc3c3ccccc32)c1. The zero-order chi connectivity index (χ0) is 33.5. The van der Waals surface area contributed by atoms with Crippen LogP contribution in [0.4, 0.5) is 0 Å². The van der Waals surface area contributed by atoms with Crippen molar-refractivity contribution in [3.05, 3.63) is 158 Å². The van der Waals surface area contributed by atoms with E-state index in [2.05, 4.69) is 162 Å². The molecule has 0 unspecified atom stereocenters. The molecule has 0 amide bonds. The summed E-state index contributed by atoms with van der Waals surface area (Å²) in [4.78, 5) is 15.7. The molecule has 0 fully saturated rings. The topological polar surface area (TPSA) is 43.6 Å². The Balaban J connectivity index is 1.16. The van der Waals surface area contributed by atoms with Crippen LogP contribution in [0.2, 0.25) is 0 Å². The third-order valence-electron chi connectivity index (χ3n) is 9.86. The predicted octanol–water partition coefficient (Wildman–Crippen LogP) is 12.7. The molecular formula is C45H26N4S2. The van der Waals surface area contributed by atoms with Crippen LogP contribution in [0.1, 0.15) is 0 Å². The number of rotatable bonds is 4. The van der Waals surface area contributed by atoms with Crippen molar-refractivity contribution in [1.29, 1.82) is 0 Å². The molecule has 0 aliphatic heterocycles. The first-order chi connectivity index (χ1) is 25.3. The maximum absolute atomic E-state index is 5.26. The standard InChI is InChI=1S/C45H26N4S2/c1-5-18-36-30(13-1)31-14-2-6-19-37(31)49(36)29-12-9-11-27(25-29)43-46-44(28-23-24-40-35(26-28)32-15-3-7-20-38(32)50-40)48-45(47-43)34-17-10-22-41-42(34)33-16-4-8-21-39(33)51-41/h1-26H. The molecule has 0 aliphatic rings. The van der Waals surface area contributed by atoms with Crippen molar-refractivity contribution in [1.82, 2.24) is 19.5 Å². The number of fused-ring (bicyclic) bond motifs is 9. The van der Waals surface area contributed by atoms with Gasteiger partial charge in [0.25, 0.3) is 0 Å². The number of para-hydroxylation sites is 2. The molecule has 0 N–H and O–H groups in total. The van der Waals surface area contributed by atoms with Gasteiger partial charge in [-0.2, -0.15) is 0 Å². The third-order valence-corrected chi connectivity index (χ3v) is 12.1. The van der Waals surface area contributed by atoms with E-state index < -0.39 is 0 Å². The summed E-state index contributed by atoms with van der Waals surface area (Å²) < 4.78 is 7.34. The Morgan fingerprint density at radius 2 is 0.922 bits per heavy atom. The maximum Gasteiger partial charge on any atom is 0.164 e. The van der Waals surface area contributed by atoms with Crippen LogP contribution >= 0.6 is 22.7 Å². The minimum atomic E-state index is 0.643. The highest BCUT2D eigenvalue weighted by molar-refractivity contribution is 7.26. The Morgan fingerprint density at radius 3 is 1.69 bits per heavy atom. The minimum absolute atomic E-state index is 0.643. The van der Waals surface area contributed by atoms with Crippen molar-refractivity contribution in [3.63, 3.8) is 0 Å². The van der Waals surface area contributed by atoms with Crippen LogP contribution in [0, 0.1) is 0 Å². The van der Waals surface area contributed by atoms with Crippen LogP contribution in [-0.2, 0) is 0 Å². The van der Waals surface area contributed by atoms with Gasteiger partial charge in [0.2, 0.25) is 0 Å². The van der Waals surface area contributed by atoms with Crippen molar-refractivity contribution in [3.8, 4) is 39.9 Å². The number of hydrogen-bond acceptors (Lipinski definition) is 5. The molecule has 0 spiro atoms. The van der Waals surface area contributed by atoms with Crippen molar-refractivity contribution in [2.45, 2.75) is 0 Å². The molecule has 4 heterocycles. The molecule has 0 atom stereocenters. The number of aromatic nitrogens is 4. The third kappa shape index (κ3) is 4.47. The van der Waals surface area contributed by atoms with Gasteiger partial charge < -0.3 is 4.57 Å². The largest absolute Gasteiger partial charge is 0.309 e. The number of thiophene rings is 2. The summed E-state index contributed by atoms with van der Waals surface area (Å²) in [6.45, 7) is 0. The molecule has 11 aromatic rings. The van der Waals surface area contributed by atoms with Gasteiger partial charge in [-0.15, -0.1) is 22.7 Å². The first kappa shape index (κ1) is 28.6. The summed E-state index contributed by atoms with van der Waals surface area (Å²) in [6, 6.07) is 56.0. The highest BCUT2D eigenvalue weighted by Crippen LogP contribution is 2.41. The van der Waals surface area contributed by atoms with Gasteiger partial charge in [0.1, 0.15) is 0 Å². The van der Waals surface area contributed by atoms with Gasteiger partial charge in [-0.3, -0.25) is 0 Å². The average Bonchev–Trinajstić information content (AvgIpc) is 3.87. The van der Waals surface area contributed by atoms with Crippen LogP contribution < -0.4 is 0 Å². The fraction of sp³-hybridized carbons (Fsp3) is 0. The lowest BCUT2D eigenvalue weighted by Gasteiger charge is -2.12. The maximum atomic E-state index is 5.26. The minimum Gasteiger partial charge on any atom is -0.309 e. The molecular weight excluding hydrogens is 661 g/mol.